The minimum Gasteiger partial charge on any atom is -0.493 e. The number of piperidine rings is 1. The van der Waals surface area contributed by atoms with Crippen molar-refractivity contribution in [1.29, 1.82) is 0 Å². The molecule has 1 heterocycles. The van der Waals surface area contributed by atoms with E-state index in [1.165, 1.54) is 32.1 Å². The van der Waals surface area contributed by atoms with E-state index in [0.29, 0.717) is 25.7 Å². The van der Waals surface area contributed by atoms with Crippen LogP contribution in [-0.2, 0) is 4.79 Å². The molecule has 3 rings (SSSR count). The molecule has 1 aromatic rings. The zero-order valence-corrected chi connectivity index (χ0v) is 16.2. The van der Waals surface area contributed by atoms with Crippen molar-refractivity contribution in [3.63, 3.8) is 0 Å². The molecule has 0 radical (unpaired) electrons. The minimum atomic E-state index is 0.279. The Bertz CT molecular complexity index is 590. The molecule has 1 saturated heterocycles. The van der Waals surface area contributed by atoms with Gasteiger partial charge in [0.1, 0.15) is 6.61 Å². The van der Waals surface area contributed by atoms with Gasteiger partial charge in [-0.25, -0.2) is 0 Å². The summed E-state index contributed by atoms with van der Waals surface area (Å²) in [5.74, 6) is 2.50. The summed E-state index contributed by atoms with van der Waals surface area (Å²) in [4.78, 5) is 17.1. The normalized spacial score (nSPS) is 22.8. The number of fused-ring (bicyclic) bond motifs is 1. The zero-order chi connectivity index (χ0) is 18.4. The van der Waals surface area contributed by atoms with Crippen LogP contribution in [0.2, 0.25) is 0 Å². The third kappa shape index (κ3) is 4.70. The highest BCUT2D eigenvalue weighted by molar-refractivity contribution is 5.78. The largest absolute Gasteiger partial charge is 0.493 e. The monoisotopic (exact) mass is 360 g/mol. The van der Waals surface area contributed by atoms with Crippen LogP contribution in [-0.4, -0.2) is 62.1 Å². The number of ether oxygens (including phenoxy) is 2. The van der Waals surface area contributed by atoms with Crippen molar-refractivity contribution in [3.8, 4) is 11.5 Å². The Kier molecular flexibility index (Phi) is 6.78. The number of benzene rings is 1. The van der Waals surface area contributed by atoms with Gasteiger partial charge in [0.05, 0.1) is 13.7 Å². The number of carbonyl (C=O) groups excluding carboxylic acids is 1. The second-order valence-corrected chi connectivity index (χ2v) is 7.58. The fourth-order valence-corrected chi connectivity index (χ4v) is 4.38. The molecular formula is C21H32N2O3. The quantitative estimate of drug-likeness (QED) is 0.749. The molecule has 0 aromatic heterocycles. The summed E-state index contributed by atoms with van der Waals surface area (Å²) in [6, 6.07) is 8.14. The lowest BCUT2D eigenvalue weighted by Gasteiger charge is -2.44. The summed E-state index contributed by atoms with van der Waals surface area (Å²) in [5.41, 5.74) is 0. The van der Waals surface area contributed by atoms with Crippen LogP contribution < -0.4 is 9.47 Å². The molecule has 2 unspecified atom stereocenters. The van der Waals surface area contributed by atoms with E-state index in [0.717, 1.165) is 30.4 Å². The van der Waals surface area contributed by atoms with E-state index in [4.69, 9.17) is 9.47 Å². The number of carbonyl (C=O) groups is 1. The predicted molar refractivity (Wildman–Crippen MR) is 103 cm³/mol. The molecule has 5 nitrogen and oxygen atoms in total. The molecule has 1 aliphatic carbocycles. The van der Waals surface area contributed by atoms with E-state index in [1.807, 2.05) is 31.3 Å². The van der Waals surface area contributed by atoms with Crippen LogP contribution in [0.25, 0.3) is 0 Å². The van der Waals surface area contributed by atoms with Crippen LogP contribution >= 0.6 is 0 Å². The fourth-order valence-electron chi connectivity index (χ4n) is 4.38. The van der Waals surface area contributed by atoms with Crippen molar-refractivity contribution in [2.45, 2.75) is 44.6 Å². The lowest BCUT2D eigenvalue weighted by molar-refractivity contribution is -0.138. The van der Waals surface area contributed by atoms with Gasteiger partial charge >= 0.3 is 0 Å². The molecule has 0 N–H and O–H groups in total. The van der Waals surface area contributed by atoms with Gasteiger partial charge in [-0.2, -0.15) is 0 Å². The van der Waals surface area contributed by atoms with Gasteiger partial charge in [-0.05, 0) is 50.8 Å². The van der Waals surface area contributed by atoms with Crippen molar-refractivity contribution in [1.82, 2.24) is 9.80 Å². The summed E-state index contributed by atoms with van der Waals surface area (Å²) in [7, 11) is 3.63. The van der Waals surface area contributed by atoms with Crippen molar-refractivity contribution in [3.05, 3.63) is 24.3 Å². The molecule has 2 fully saturated rings. The number of hydrogen-bond acceptors (Lipinski definition) is 4. The molecule has 1 amide bonds. The molecule has 0 spiro atoms. The average Bonchev–Trinajstić information content (AvgIpc) is 2.67. The zero-order valence-electron chi connectivity index (χ0n) is 16.2. The van der Waals surface area contributed by atoms with Crippen LogP contribution in [0.4, 0.5) is 0 Å². The lowest BCUT2D eigenvalue weighted by atomic mass is 9.78. The molecule has 26 heavy (non-hydrogen) atoms. The molecule has 2 aliphatic rings. The Morgan fingerprint density at radius 2 is 1.88 bits per heavy atom. The van der Waals surface area contributed by atoms with Crippen molar-refractivity contribution in [2.24, 2.45) is 5.92 Å². The molecule has 2 atom stereocenters. The Hall–Kier alpha value is -1.75. The summed E-state index contributed by atoms with van der Waals surface area (Å²) in [6.07, 6.45) is 7.57. The van der Waals surface area contributed by atoms with E-state index in [-0.39, 0.29) is 5.91 Å². The number of methoxy groups -OCH3 is 1. The van der Waals surface area contributed by atoms with E-state index < -0.39 is 0 Å². The Labute approximate surface area is 157 Å². The number of rotatable bonds is 7. The van der Waals surface area contributed by atoms with Crippen LogP contribution in [0.1, 0.15) is 38.5 Å². The van der Waals surface area contributed by atoms with Gasteiger partial charge in [-0.15, -0.1) is 0 Å². The number of amides is 1. The molecule has 1 saturated carbocycles. The van der Waals surface area contributed by atoms with Crippen LogP contribution in [0, 0.1) is 5.92 Å². The minimum absolute atomic E-state index is 0.279. The first kappa shape index (κ1) is 19.0. The molecule has 1 aromatic carbocycles. The summed E-state index contributed by atoms with van der Waals surface area (Å²) in [5, 5.41) is 0. The van der Waals surface area contributed by atoms with Crippen LogP contribution in [0.5, 0.6) is 11.5 Å². The first-order chi connectivity index (χ1) is 12.7. The lowest BCUT2D eigenvalue weighted by Crippen LogP contribution is -2.52. The maximum absolute atomic E-state index is 12.8. The van der Waals surface area contributed by atoms with Crippen LogP contribution in [0.15, 0.2) is 24.3 Å². The molecule has 144 valence electrons. The molecular weight excluding hydrogens is 328 g/mol. The highest BCUT2D eigenvalue weighted by Gasteiger charge is 2.35. The van der Waals surface area contributed by atoms with Gasteiger partial charge in [-0.3, -0.25) is 9.69 Å². The van der Waals surface area contributed by atoms with E-state index >= 15 is 0 Å². The van der Waals surface area contributed by atoms with Gasteiger partial charge < -0.3 is 14.4 Å². The Balaban J connectivity index is 1.45. The number of hydrogen-bond donors (Lipinski definition) is 0. The Morgan fingerprint density at radius 1 is 1.15 bits per heavy atom. The van der Waals surface area contributed by atoms with Crippen molar-refractivity contribution < 1.29 is 14.3 Å². The van der Waals surface area contributed by atoms with Crippen molar-refractivity contribution in [2.75, 3.05) is 40.4 Å². The van der Waals surface area contributed by atoms with Gasteiger partial charge in [0.25, 0.3) is 0 Å². The number of likely N-dealkylation sites (tertiary alicyclic amines) is 1. The smallest absolute Gasteiger partial charge is 0.236 e. The molecule has 5 heteroatoms. The summed E-state index contributed by atoms with van der Waals surface area (Å²) < 4.78 is 11.1. The van der Waals surface area contributed by atoms with E-state index in [1.54, 1.807) is 7.11 Å². The Morgan fingerprint density at radius 3 is 2.69 bits per heavy atom. The maximum Gasteiger partial charge on any atom is 0.236 e. The summed E-state index contributed by atoms with van der Waals surface area (Å²) in [6.45, 7) is 2.66. The van der Waals surface area contributed by atoms with E-state index in [9.17, 15) is 4.79 Å². The number of likely N-dealkylation sites (N-methyl/N-ethyl adjacent to an activating group) is 1. The molecule has 1 aliphatic heterocycles. The van der Waals surface area contributed by atoms with Crippen LogP contribution in [0.3, 0.4) is 0 Å². The van der Waals surface area contributed by atoms with Gasteiger partial charge in [-0.1, -0.05) is 25.0 Å². The highest BCUT2D eigenvalue weighted by Crippen LogP contribution is 2.35. The maximum atomic E-state index is 12.8. The predicted octanol–water partition coefficient (Wildman–Crippen LogP) is 3.19. The average molecular weight is 360 g/mol. The third-order valence-electron chi connectivity index (χ3n) is 5.77. The van der Waals surface area contributed by atoms with Gasteiger partial charge in [0, 0.05) is 19.1 Å². The second kappa shape index (κ2) is 9.26. The molecule has 0 bridgehead atoms. The SMILES string of the molecule is COc1ccccc1OCCN(C)CC(=O)N1CCCC2CCCCC21. The van der Waals surface area contributed by atoms with Gasteiger partial charge in [0.15, 0.2) is 11.5 Å². The number of para-hydroxylation sites is 2. The standard InChI is InChI=1S/C21H32N2O3/c1-22(14-15-26-20-12-6-5-11-19(20)25-2)16-21(24)23-13-7-9-17-8-3-4-10-18(17)23/h5-6,11-12,17-18H,3-4,7-10,13-16H2,1-2H3. The summed E-state index contributed by atoms with van der Waals surface area (Å²) >= 11 is 0. The second-order valence-electron chi connectivity index (χ2n) is 7.58. The fraction of sp³-hybridized carbons (Fsp3) is 0.667. The van der Waals surface area contributed by atoms with Gasteiger partial charge in [0.2, 0.25) is 5.91 Å². The third-order valence-corrected chi connectivity index (χ3v) is 5.77. The number of nitrogens with zero attached hydrogens (tertiary/aromatic N) is 2. The van der Waals surface area contributed by atoms with E-state index in [2.05, 4.69) is 9.80 Å². The highest BCUT2D eigenvalue weighted by atomic mass is 16.5. The topological polar surface area (TPSA) is 42.0 Å². The first-order valence-electron chi connectivity index (χ1n) is 9.93. The first-order valence-corrected chi connectivity index (χ1v) is 9.93. The van der Waals surface area contributed by atoms with Crippen molar-refractivity contribution >= 4 is 5.91 Å².